The number of piperidine rings is 1. The second-order valence-electron chi connectivity index (χ2n) is 4.49. The van der Waals surface area contributed by atoms with Gasteiger partial charge in [0.15, 0.2) is 10.4 Å². The topological polar surface area (TPSA) is 45.5 Å². The van der Waals surface area contributed by atoms with Crippen LogP contribution in [0.15, 0.2) is 21.2 Å². The number of fused-ring (bicyclic) bond motifs is 2. The summed E-state index contributed by atoms with van der Waals surface area (Å²) in [7, 11) is 0. The summed E-state index contributed by atoms with van der Waals surface area (Å²) in [6.07, 6.45) is 1.20. The predicted molar refractivity (Wildman–Crippen MR) is 62.2 cm³/mol. The van der Waals surface area contributed by atoms with Crippen LogP contribution in [0.3, 0.4) is 0 Å². The number of furan rings is 1. The van der Waals surface area contributed by atoms with Crippen LogP contribution < -0.4 is 5.32 Å². The second kappa shape index (κ2) is 3.89. The summed E-state index contributed by atoms with van der Waals surface area (Å²) in [6, 6.07) is 3.72. The Bertz CT molecular complexity index is 418. The highest BCUT2D eigenvalue weighted by Gasteiger charge is 2.38. The van der Waals surface area contributed by atoms with Crippen LogP contribution in [0.25, 0.3) is 0 Å². The summed E-state index contributed by atoms with van der Waals surface area (Å²) < 4.78 is 5.82. The molecule has 0 spiro atoms. The Balaban J connectivity index is 1.65. The minimum Gasteiger partial charge on any atom is -0.444 e. The molecule has 2 aliphatic heterocycles. The minimum atomic E-state index is -0.107. The number of nitrogens with zero attached hydrogens (tertiary/aromatic N) is 1. The number of halogens is 1. The van der Waals surface area contributed by atoms with E-state index in [0.717, 1.165) is 13.1 Å². The normalized spacial score (nSPS) is 31.9. The minimum absolute atomic E-state index is 0.107. The fraction of sp³-hybridized carbons (Fsp3) is 0.545. The van der Waals surface area contributed by atoms with E-state index in [4.69, 9.17) is 4.42 Å². The van der Waals surface area contributed by atoms with Crippen LogP contribution >= 0.6 is 15.9 Å². The number of amides is 1. The number of hydrogen-bond donors (Lipinski definition) is 1. The molecule has 1 N–H and O–H groups in total. The summed E-state index contributed by atoms with van der Waals surface area (Å²) >= 11 is 3.19. The highest BCUT2D eigenvalue weighted by molar-refractivity contribution is 9.10. The first-order valence-corrected chi connectivity index (χ1v) is 6.30. The van der Waals surface area contributed by atoms with Gasteiger partial charge in [-0.3, -0.25) is 4.79 Å². The van der Waals surface area contributed by atoms with Gasteiger partial charge in [-0.25, -0.2) is 0 Å². The van der Waals surface area contributed by atoms with E-state index in [9.17, 15) is 4.79 Å². The summed E-state index contributed by atoms with van der Waals surface area (Å²) in [5.41, 5.74) is 0. The van der Waals surface area contributed by atoms with Crippen molar-refractivity contribution in [2.45, 2.75) is 12.5 Å². The van der Waals surface area contributed by atoms with Gasteiger partial charge in [-0.15, -0.1) is 0 Å². The Hall–Kier alpha value is -0.810. The molecule has 0 aliphatic carbocycles. The van der Waals surface area contributed by atoms with E-state index in [0.29, 0.717) is 22.4 Å². The lowest BCUT2D eigenvalue weighted by Crippen LogP contribution is -2.43. The van der Waals surface area contributed by atoms with Gasteiger partial charge in [-0.05, 0) is 46.9 Å². The summed E-state index contributed by atoms with van der Waals surface area (Å²) in [6.45, 7) is 3.30. The van der Waals surface area contributed by atoms with Crippen LogP contribution in [-0.2, 0) is 0 Å². The molecule has 2 saturated heterocycles. The van der Waals surface area contributed by atoms with Crippen molar-refractivity contribution in [1.82, 2.24) is 10.2 Å². The van der Waals surface area contributed by atoms with E-state index in [-0.39, 0.29) is 5.91 Å². The van der Waals surface area contributed by atoms with Crippen LogP contribution in [-0.4, -0.2) is 36.5 Å². The van der Waals surface area contributed by atoms with Gasteiger partial charge in [0.2, 0.25) is 0 Å². The first-order valence-electron chi connectivity index (χ1n) is 5.51. The lowest BCUT2D eigenvalue weighted by molar-refractivity contribution is 0.0895. The first-order chi connectivity index (χ1) is 7.72. The van der Waals surface area contributed by atoms with E-state index >= 15 is 0 Å². The van der Waals surface area contributed by atoms with Gasteiger partial charge < -0.3 is 14.6 Å². The molecule has 2 aliphatic rings. The molecule has 0 aromatic carbocycles. The van der Waals surface area contributed by atoms with Gasteiger partial charge in [0.25, 0.3) is 5.91 Å². The molecular weight excluding hydrogens is 272 g/mol. The Kier molecular flexibility index (Phi) is 2.52. The van der Waals surface area contributed by atoms with Crippen LogP contribution in [0, 0.1) is 5.92 Å². The monoisotopic (exact) mass is 284 g/mol. The molecule has 0 saturated carbocycles. The molecule has 16 heavy (non-hydrogen) atoms. The molecule has 86 valence electrons. The van der Waals surface area contributed by atoms with E-state index < -0.39 is 0 Å². The number of nitrogens with one attached hydrogen (secondary N) is 1. The van der Waals surface area contributed by atoms with Crippen molar-refractivity contribution in [2.24, 2.45) is 5.92 Å². The van der Waals surface area contributed by atoms with Crippen molar-refractivity contribution in [1.29, 1.82) is 0 Å². The molecule has 4 nitrogen and oxygen atoms in total. The maximum absolute atomic E-state index is 11.8. The number of carbonyl (C=O) groups excluding carboxylic acids is 1. The van der Waals surface area contributed by atoms with Crippen molar-refractivity contribution < 1.29 is 9.21 Å². The Labute approximate surface area is 102 Å². The van der Waals surface area contributed by atoms with Crippen LogP contribution in [0.2, 0.25) is 0 Å². The average Bonchev–Trinajstić information content (AvgIpc) is 2.92. The molecule has 5 heteroatoms. The molecule has 1 aromatic heterocycles. The fourth-order valence-corrected chi connectivity index (χ4v) is 2.93. The van der Waals surface area contributed by atoms with Crippen molar-refractivity contribution in [2.75, 3.05) is 19.6 Å². The SMILES string of the molecule is O=C(NC1CN2CC[C@H]1C2)c1ccc(Br)o1. The molecule has 3 atom stereocenters. The van der Waals surface area contributed by atoms with E-state index in [2.05, 4.69) is 26.1 Å². The quantitative estimate of drug-likeness (QED) is 0.895. The van der Waals surface area contributed by atoms with Crippen molar-refractivity contribution in [3.05, 3.63) is 22.6 Å². The van der Waals surface area contributed by atoms with Crippen molar-refractivity contribution >= 4 is 21.8 Å². The number of rotatable bonds is 2. The third kappa shape index (κ3) is 1.78. The third-order valence-electron chi connectivity index (χ3n) is 3.45. The highest BCUT2D eigenvalue weighted by Crippen LogP contribution is 2.28. The number of hydrogen-bond acceptors (Lipinski definition) is 3. The molecule has 1 amide bonds. The highest BCUT2D eigenvalue weighted by atomic mass is 79.9. The van der Waals surface area contributed by atoms with Crippen LogP contribution in [0.5, 0.6) is 0 Å². The largest absolute Gasteiger partial charge is 0.444 e. The van der Waals surface area contributed by atoms with Gasteiger partial charge in [0, 0.05) is 19.1 Å². The molecule has 1 aromatic rings. The Morgan fingerprint density at radius 2 is 2.38 bits per heavy atom. The molecule has 2 fully saturated rings. The summed E-state index contributed by atoms with van der Waals surface area (Å²) in [5, 5.41) is 3.04. The Morgan fingerprint density at radius 3 is 2.94 bits per heavy atom. The maximum Gasteiger partial charge on any atom is 0.287 e. The van der Waals surface area contributed by atoms with Crippen LogP contribution in [0.4, 0.5) is 0 Å². The zero-order valence-corrected chi connectivity index (χ0v) is 10.4. The lowest BCUT2D eigenvalue weighted by Gasteiger charge is -2.22. The molecule has 2 unspecified atom stereocenters. The zero-order chi connectivity index (χ0) is 11.1. The van der Waals surface area contributed by atoms with Crippen LogP contribution in [0.1, 0.15) is 17.0 Å². The van der Waals surface area contributed by atoms with E-state index in [1.165, 1.54) is 13.0 Å². The molecular formula is C11H13BrN2O2. The Morgan fingerprint density at radius 1 is 1.50 bits per heavy atom. The van der Waals surface area contributed by atoms with Gasteiger partial charge in [0.05, 0.1) is 0 Å². The second-order valence-corrected chi connectivity index (χ2v) is 5.27. The summed E-state index contributed by atoms with van der Waals surface area (Å²) in [5.74, 6) is 0.899. The van der Waals surface area contributed by atoms with Gasteiger partial charge in [-0.2, -0.15) is 0 Å². The van der Waals surface area contributed by atoms with E-state index in [1.807, 2.05) is 0 Å². The molecule has 3 rings (SSSR count). The lowest BCUT2D eigenvalue weighted by atomic mass is 10.00. The smallest absolute Gasteiger partial charge is 0.287 e. The number of carbonyl (C=O) groups is 1. The van der Waals surface area contributed by atoms with E-state index in [1.54, 1.807) is 12.1 Å². The van der Waals surface area contributed by atoms with Crippen molar-refractivity contribution in [3.8, 4) is 0 Å². The molecule has 2 bridgehead atoms. The first kappa shape index (κ1) is 10.4. The average molecular weight is 285 g/mol. The fourth-order valence-electron chi connectivity index (χ4n) is 2.62. The van der Waals surface area contributed by atoms with Gasteiger partial charge in [-0.1, -0.05) is 0 Å². The molecule has 3 heterocycles. The van der Waals surface area contributed by atoms with Gasteiger partial charge >= 0.3 is 0 Å². The third-order valence-corrected chi connectivity index (χ3v) is 3.87. The molecule has 0 radical (unpaired) electrons. The standard InChI is InChI=1S/C11H13BrN2O2/c12-10-2-1-9(16-10)11(15)13-8-6-14-4-3-7(8)5-14/h1-2,7-8H,3-6H2,(H,13,15)/t7-,8?/m0/s1. The maximum atomic E-state index is 11.8. The summed E-state index contributed by atoms with van der Waals surface area (Å²) in [4.78, 5) is 14.2. The zero-order valence-electron chi connectivity index (χ0n) is 8.78. The van der Waals surface area contributed by atoms with Crippen molar-refractivity contribution in [3.63, 3.8) is 0 Å². The predicted octanol–water partition coefficient (Wildman–Crippen LogP) is 1.48. The van der Waals surface area contributed by atoms with Gasteiger partial charge in [0.1, 0.15) is 0 Å².